The maximum absolute atomic E-state index is 13.8. The average Bonchev–Trinajstić information content (AvgIpc) is 2.63. The lowest BCUT2D eigenvalue weighted by Crippen LogP contribution is -2.52. The summed E-state index contributed by atoms with van der Waals surface area (Å²) >= 11 is 3.28. The van der Waals surface area contributed by atoms with Crippen molar-refractivity contribution in [2.75, 3.05) is 53.4 Å². The van der Waals surface area contributed by atoms with E-state index in [1.165, 1.54) is 6.07 Å². The van der Waals surface area contributed by atoms with Gasteiger partial charge in [0.15, 0.2) is 5.96 Å². The number of aryl methyl sites for hydroxylation is 1. The van der Waals surface area contributed by atoms with Crippen molar-refractivity contribution in [1.82, 2.24) is 20.4 Å². The van der Waals surface area contributed by atoms with Gasteiger partial charge >= 0.3 is 0 Å². The third-order valence-electron chi connectivity index (χ3n) is 4.88. The van der Waals surface area contributed by atoms with Gasteiger partial charge in [-0.2, -0.15) is 0 Å². The molecule has 1 saturated heterocycles. The van der Waals surface area contributed by atoms with Gasteiger partial charge in [0, 0.05) is 56.8 Å². The number of likely N-dealkylation sites (N-methyl/N-ethyl adjacent to an activating group) is 1. The molecule has 5 nitrogen and oxygen atoms in total. The highest BCUT2D eigenvalue weighted by atomic mass is 127. The van der Waals surface area contributed by atoms with Gasteiger partial charge in [-0.15, -0.1) is 24.0 Å². The number of rotatable bonds is 7. The summed E-state index contributed by atoms with van der Waals surface area (Å²) in [5.41, 5.74) is 0.752. The molecule has 2 rings (SSSR count). The fourth-order valence-electron chi connectivity index (χ4n) is 3.07. The number of guanidine groups is 1. The van der Waals surface area contributed by atoms with Gasteiger partial charge in [-0.3, -0.25) is 9.89 Å². The quantitative estimate of drug-likeness (QED) is 0.235. The van der Waals surface area contributed by atoms with Gasteiger partial charge in [-0.1, -0.05) is 22.0 Å². The Bertz CT molecular complexity index is 593. The van der Waals surface area contributed by atoms with Gasteiger partial charge in [0.2, 0.25) is 0 Å². The van der Waals surface area contributed by atoms with Crippen molar-refractivity contribution in [3.8, 4) is 0 Å². The summed E-state index contributed by atoms with van der Waals surface area (Å²) in [5, 5.41) is 6.71. The molecule has 1 aromatic carbocycles. The number of halogens is 3. The van der Waals surface area contributed by atoms with Crippen LogP contribution in [0.3, 0.4) is 0 Å². The van der Waals surface area contributed by atoms with Gasteiger partial charge in [0.1, 0.15) is 5.82 Å². The van der Waals surface area contributed by atoms with E-state index in [9.17, 15) is 4.39 Å². The second kappa shape index (κ2) is 12.9. The second-order valence-electron chi connectivity index (χ2n) is 6.91. The number of nitrogens with zero attached hydrogens (tertiary/aromatic N) is 3. The molecule has 0 spiro atoms. The minimum atomic E-state index is -0.150. The van der Waals surface area contributed by atoms with Gasteiger partial charge in [-0.05, 0) is 44.5 Å². The van der Waals surface area contributed by atoms with Crippen LogP contribution in [0.25, 0.3) is 0 Å². The van der Waals surface area contributed by atoms with Crippen molar-refractivity contribution in [2.24, 2.45) is 4.99 Å². The molecule has 1 aliphatic rings. The SMILES string of the molecule is CN=C(NCCCc1ccc(Br)cc1F)NCC(C)N1CCN(C)CC1.I. The van der Waals surface area contributed by atoms with Crippen LogP contribution in [0, 0.1) is 5.82 Å². The standard InChI is InChI=1S/C19H31BrFN5.HI/c1-15(26-11-9-25(3)10-12-26)14-24-19(22-2)23-8-4-5-16-6-7-17(20)13-18(16)21;/h6-7,13,15H,4-5,8-12,14H2,1-3H3,(H2,22,23,24);1H. The van der Waals surface area contributed by atoms with E-state index >= 15 is 0 Å². The van der Waals surface area contributed by atoms with E-state index in [4.69, 9.17) is 0 Å². The van der Waals surface area contributed by atoms with Crippen molar-refractivity contribution in [3.63, 3.8) is 0 Å². The summed E-state index contributed by atoms with van der Waals surface area (Å²) in [4.78, 5) is 9.16. The lowest BCUT2D eigenvalue weighted by atomic mass is 10.1. The third-order valence-corrected chi connectivity index (χ3v) is 5.37. The Hall–Kier alpha value is -0.450. The van der Waals surface area contributed by atoms with Crippen LogP contribution >= 0.6 is 39.9 Å². The van der Waals surface area contributed by atoms with Crippen LogP contribution in [0.4, 0.5) is 4.39 Å². The Morgan fingerprint density at radius 2 is 1.96 bits per heavy atom. The zero-order chi connectivity index (χ0) is 18.9. The maximum Gasteiger partial charge on any atom is 0.191 e. The smallest absolute Gasteiger partial charge is 0.191 e. The zero-order valence-electron chi connectivity index (χ0n) is 16.5. The molecule has 0 radical (unpaired) electrons. The van der Waals surface area contributed by atoms with Crippen LogP contribution in [-0.2, 0) is 6.42 Å². The van der Waals surface area contributed by atoms with Crippen molar-refractivity contribution < 1.29 is 4.39 Å². The van der Waals surface area contributed by atoms with E-state index < -0.39 is 0 Å². The molecule has 1 aliphatic heterocycles. The highest BCUT2D eigenvalue weighted by Gasteiger charge is 2.18. The molecule has 1 aromatic rings. The van der Waals surface area contributed by atoms with E-state index in [0.717, 1.165) is 61.7 Å². The molecule has 1 atom stereocenters. The average molecular weight is 556 g/mol. The van der Waals surface area contributed by atoms with Crippen LogP contribution in [0.15, 0.2) is 27.7 Å². The molecule has 2 N–H and O–H groups in total. The number of benzene rings is 1. The molecule has 1 unspecified atom stereocenters. The summed E-state index contributed by atoms with van der Waals surface area (Å²) in [6, 6.07) is 5.71. The Labute approximate surface area is 188 Å². The third kappa shape index (κ3) is 8.62. The Morgan fingerprint density at radius 3 is 2.59 bits per heavy atom. The molecule has 0 saturated carbocycles. The molecule has 0 bridgehead atoms. The summed E-state index contributed by atoms with van der Waals surface area (Å²) in [7, 11) is 3.95. The van der Waals surface area contributed by atoms with Crippen LogP contribution in [0.1, 0.15) is 18.9 Å². The maximum atomic E-state index is 13.8. The predicted octanol–water partition coefficient (Wildman–Crippen LogP) is 2.94. The molecule has 1 heterocycles. The lowest BCUT2D eigenvalue weighted by Gasteiger charge is -2.36. The number of hydrogen-bond acceptors (Lipinski definition) is 3. The first-order chi connectivity index (χ1) is 12.5. The molecule has 1 fully saturated rings. The van der Waals surface area contributed by atoms with Crippen molar-refractivity contribution >= 4 is 45.9 Å². The zero-order valence-corrected chi connectivity index (χ0v) is 20.4. The normalized spacial score (nSPS) is 17.3. The predicted molar refractivity (Wildman–Crippen MR) is 126 cm³/mol. The van der Waals surface area contributed by atoms with Gasteiger partial charge in [0.05, 0.1) is 0 Å². The molecule has 8 heteroatoms. The van der Waals surface area contributed by atoms with Crippen LogP contribution in [0.2, 0.25) is 0 Å². The Balaban J connectivity index is 0.00000364. The van der Waals surface area contributed by atoms with Gasteiger partial charge in [0.25, 0.3) is 0 Å². The fourth-order valence-corrected chi connectivity index (χ4v) is 3.40. The molecule has 154 valence electrons. The minimum Gasteiger partial charge on any atom is -0.356 e. The summed E-state index contributed by atoms with van der Waals surface area (Å²) in [6.45, 7) is 8.37. The van der Waals surface area contributed by atoms with Crippen LogP contribution < -0.4 is 10.6 Å². The topological polar surface area (TPSA) is 42.9 Å². The van der Waals surface area contributed by atoms with Crippen LogP contribution in [0.5, 0.6) is 0 Å². The second-order valence-corrected chi connectivity index (χ2v) is 7.82. The largest absolute Gasteiger partial charge is 0.356 e. The molecule has 0 aromatic heterocycles. The van der Waals surface area contributed by atoms with Gasteiger partial charge in [-0.25, -0.2) is 4.39 Å². The van der Waals surface area contributed by atoms with Crippen molar-refractivity contribution in [2.45, 2.75) is 25.8 Å². The monoisotopic (exact) mass is 555 g/mol. The van der Waals surface area contributed by atoms with Crippen molar-refractivity contribution in [3.05, 3.63) is 34.1 Å². The van der Waals surface area contributed by atoms with E-state index in [0.29, 0.717) is 12.5 Å². The highest BCUT2D eigenvalue weighted by molar-refractivity contribution is 14.0. The first-order valence-corrected chi connectivity index (χ1v) is 10.1. The molecule has 0 amide bonds. The first-order valence-electron chi connectivity index (χ1n) is 9.30. The van der Waals surface area contributed by atoms with E-state index in [2.05, 4.69) is 55.3 Å². The first kappa shape index (κ1) is 24.6. The lowest BCUT2D eigenvalue weighted by molar-refractivity contribution is 0.120. The molecule has 27 heavy (non-hydrogen) atoms. The summed E-state index contributed by atoms with van der Waals surface area (Å²) in [6.07, 6.45) is 1.56. The van der Waals surface area contributed by atoms with E-state index in [1.54, 1.807) is 7.05 Å². The summed E-state index contributed by atoms with van der Waals surface area (Å²) < 4.78 is 14.6. The Kier molecular flexibility index (Phi) is 11.7. The number of aliphatic imine (C=N–C) groups is 1. The minimum absolute atomic E-state index is 0. The van der Waals surface area contributed by atoms with Gasteiger partial charge < -0.3 is 15.5 Å². The van der Waals surface area contributed by atoms with E-state index in [-0.39, 0.29) is 29.8 Å². The van der Waals surface area contributed by atoms with Crippen LogP contribution in [-0.4, -0.2) is 75.2 Å². The van der Waals surface area contributed by atoms with Crippen molar-refractivity contribution in [1.29, 1.82) is 0 Å². The fraction of sp³-hybridized carbons (Fsp3) is 0.632. The number of hydrogen-bond donors (Lipinski definition) is 2. The molecule has 0 aliphatic carbocycles. The highest BCUT2D eigenvalue weighted by Crippen LogP contribution is 2.16. The Morgan fingerprint density at radius 1 is 1.26 bits per heavy atom. The number of piperazine rings is 1. The number of nitrogens with one attached hydrogen (secondary N) is 2. The van der Waals surface area contributed by atoms with E-state index in [1.807, 2.05) is 12.1 Å². The molecular formula is C19H32BrFIN5. The molecular weight excluding hydrogens is 524 g/mol. The summed E-state index contributed by atoms with van der Waals surface area (Å²) in [5.74, 6) is 0.658.